The summed E-state index contributed by atoms with van der Waals surface area (Å²) in [5.41, 5.74) is 3.90. The average molecular weight is 497 g/mol. The maximum absolute atomic E-state index is 13.6. The van der Waals surface area contributed by atoms with Crippen LogP contribution in [0, 0.1) is 5.95 Å². The summed E-state index contributed by atoms with van der Waals surface area (Å²) in [5.74, 6) is 2.07. The Morgan fingerprint density at radius 1 is 0.973 bits per heavy atom. The van der Waals surface area contributed by atoms with Gasteiger partial charge in [-0.2, -0.15) is 9.49 Å². The number of aliphatic hydroxyl groups excluding tert-OH is 1. The lowest BCUT2D eigenvalue weighted by atomic mass is 10.1. The van der Waals surface area contributed by atoms with E-state index in [0.29, 0.717) is 41.8 Å². The fraction of sp³-hybridized carbons (Fsp3) is 0.185. The second-order valence-electron chi connectivity index (χ2n) is 8.87. The van der Waals surface area contributed by atoms with Crippen LogP contribution in [0.25, 0.3) is 17.1 Å². The zero-order valence-electron chi connectivity index (χ0n) is 20.4. The lowest BCUT2D eigenvalue weighted by Gasteiger charge is -2.30. The summed E-state index contributed by atoms with van der Waals surface area (Å²) in [6.07, 6.45) is -0.293. The number of nitrogens with one attached hydrogen (secondary N) is 1. The van der Waals surface area contributed by atoms with Gasteiger partial charge in [0.2, 0.25) is 11.9 Å². The molecule has 0 bridgehead atoms. The highest BCUT2D eigenvalue weighted by molar-refractivity contribution is 5.68. The number of aromatic nitrogens is 6. The molecule has 0 spiro atoms. The molecule has 6 rings (SSSR count). The van der Waals surface area contributed by atoms with Crippen molar-refractivity contribution in [2.45, 2.75) is 26.1 Å². The van der Waals surface area contributed by atoms with Gasteiger partial charge in [-0.05, 0) is 29.8 Å². The van der Waals surface area contributed by atoms with Crippen molar-refractivity contribution < 1.29 is 9.50 Å². The number of aliphatic hydroxyl groups is 1. The molecule has 5 aromatic rings. The number of aryl methyl sites for hydroxylation is 1. The summed E-state index contributed by atoms with van der Waals surface area (Å²) < 4.78 is 17.3. The minimum Gasteiger partial charge on any atom is -0.369 e. The van der Waals surface area contributed by atoms with Gasteiger partial charge < -0.3 is 15.3 Å². The predicted molar refractivity (Wildman–Crippen MR) is 138 cm³/mol. The summed E-state index contributed by atoms with van der Waals surface area (Å²) in [6.45, 7) is 2.45. The van der Waals surface area contributed by atoms with Crippen molar-refractivity contribution in [3.05, 3.63) is 95.7 Å². The van der Waals surface area contributed by atoms with E-state index in [0.717, 1.165) is 22.6 Å². The van der Waals surface area contributed by atoms with Crippen molar-refractivity contribution in [1.82, 2.24) is 29.5 Å². The number of halogens is 1. The highest BCUT2D eigenvalue weighted by Crippen LogP contribution is 2.40. The minimum atomic E-state index is -0.960. The topological polar surface area (TPSA) is 96.9 Å². The second kappa shape index (κ2) is 9.14. The molecule has 3 aromatic heterocycles. The molecule has 186 valence electrons. The van der Waals surface area contributed by atoms with E-state index in [1.807, 2.05) is 70.8 Å². The molecular formula is C27H25FN8O. The van der Waals surface area contributed by atoms with Gasteiger partial charge in [-0.15, -0.1) is 10.2 Å². The normalized spacial score (nSPS) is 14.4. The molecular weight excluding hydrogens is 471 g/mol. The SMILES string of the molecule is CCc1nnc2n1-c1nn(Cc3ccc(-c4cccc(F)n4)cc3)c(Nc3ccccc3)c1C(O)N2C. The van der Waals surface area contributed by atoms with Crippen molar-refractivity contribution in [1.29, 1.82) is 0 Å². The number of fused-ring (bicyclic) bond motifs is 3. The first-order chi connectivity index (χ1) is 18.0. The summed E-state index contributed by atoms with van der Waals surface area (Å²) in [5, 5.41) is 28.3. The van der Waals surface area contributed by atoms with Crippen molar-refractivity contribution in [2.75, 3.05) is 17.3 Å². The van der Waals surface area contributed by atoms with Crippen molar-refractivity contribution in [3.8, 4) is 17.1 Å². The molecule has 0 aliphatic carbocycles. The van der Waals surface area contributed by atoms with Crippen molar-refractivity contribution >= 4 is 17.5 Å². The van der Waals surface area contributed by atoms with Crippen LogP contribution in [0.15, 0.2) is 72.8 Å². The Balaban J connectivity index is 1.43. The average Bonchev–Trinajstić information content (AvgIpc) is 3.50. The molecule has 0 saturated heterocycles. The van der Waals surface area contributed by atoms with Crippen LogP contribution in [-0.4, -0.2) is 41.7 Å². The molecule has 4 heterocycles. The molecule has 1 unspecified atom stereocenters. The van der Waals surface area contributed by atoms with Gasteiger partial charge in [0.05, 0.1) is 17.8 Å². The van der Waals surface area contributed by atoms with Crippen LogP contribution in [0.1, 0.15) is 30.1 Å². The molecule has 1 aliphatic rings. The largest absolute Gasteiger partial charge is 0.369 e. The Hall–Kier alpha value is -4.57. The van der Waals surface area contributed by atoms with E-state index in [1.165, 1.54) is 6.07 Å². The molecule has 37 heavy (non-hydrogen) atoms. The van der Waals surface area contributed by atoms with Gasteiger partial charge in [0.25, 0.3) is 0 Å². The van der Waals surface area contributed by atoms with E-state index in [-0.39, 0.29) is 0 Å². The Kier molecular flexibility index (Phi) is 5.65. The summed E-state index contributed by atoms with van der Waals surface area (Å²) in [7, 11) is 1.79. The molecule has 2 N–H and O–H groups in total. The smallest absolute Gasteiger partial charge is 0.235 e. The molecule has 1 aliphatic heterocycles. The highest BCUT2D eigenvalue weighted by atomic mass is 19.1. The van der Waals surface area contributed by atoms with E-state index >= 15 is 0 Å². The third kappa shape index (κ3) is 4.01. The number of pyridine rings is 1. The predicted octanol–water partition coefficient (Wildman–Crippen LogP) is 4.46. The van der Waals surface area contributed by atoms with E-state index in [1.54, 1.807) is 24.1 Å². The monoisotopic (exact) mass is 496 g/mol. The molecule has 10 heteroatoms. The van der Waals surface area contributed by atoms with Gasteiger partial charge in [-0.1, -0.05) is 55.5 Å². The highest BCUT2D eigenvalue weighted by Gasteiger charge is 2.37. The lowest BCUT2D eigenvalue weighted by molar-refractivity contribution is 0.173. The van der Waals surface area contributed by atoms with E-state index < -0.39 is 12.2 Å². The van der Waals surface area contributed by atoms with Crippen LogP contribution in [0.3, 0.4) is 0 Å². The zero-order chi connectivity index (χ0) is 25.5. The number of rotatable bonds is 6. The Labute approximate surface area is 212 Å². The molecule has 2 aromatic carbocycles. The molecule has 1 atom stereocenters. The van der Waals surface area contributed by atoms with Crippen molar-refractivity contribution in [3.63, 3.8) is 0 Å². The van der Waals surface area contributed by atoms with Crippen LogP contribution >= 0.6 is 0 Å². The number of benzene rings is 2. The fourth-order valence-electron chi connectivity index (χ4n) is 4.58. The minimum absolute atomic E-state index is 0.439. The third-order valence-electron chi connectivity index (χ3n) is 6.48. The first-order valence-electron chi connectivity index (χ1n) is 12.0. The molecule has 0 fully saturated rings. The van der Waals surface area contributed by atoms with Gasteiger partial charge in [-0.3, -0.25) is 0 Å². The molecule has 0 amide bonds. The van der Waals surface area contributed by atoms with Gasteiger partial charge in [0.15, 0.2) is 12.0 Å². The zero-order valence-corrected chi connectivity index (χ0v) is 20.4. The maximum Gasteiger partial charge on any atom is 0.235 e. The van der Waals surface area contributed by atoms with Crippen LogP contribution in [0.4, 0.5) is 21.8 Å². The van der Waals surface area contributed by atoms with Crippen LogP contribution in [0.2, 0.25) is 0 Å². The van der Waals surface area contributed by atoms with Gasteiger partial charge >= 0.3 is 0 Å². The number of nitrogens with zero attached hydrogens (tertiary/aromatic N) is 7. The molecule has 0 saturated carbocycles. The summed E-state index contributed by atoms with van der Waals surface area (Å²) in [4.78, 5) is 5.66. The Morgan fingerprint density at radius 3 is 2.49 bits per heavy atom. The summed E-state index contributed by atoms with van der Waals surface area (Å²) in [6, 6.07) is 22.3. The first kappa shape index (κ1) is 22.9. The van der Waals surface area contributed by atoms with Gasteiger partial charge in [0.1, 0.15) is 11.6 Å². The van der Waals surface area contributed by atoms with E-state index in [9.17, 15) is 9.50 Å². The van der Waals surface area contributed by atoms with E-state index in [2.05, 4.69) is 20.5 Å². The number of hydrogen-bond donors (Lipinski definition) is 2. The number of anilines is 3. The van der Waals surface area contributed by atoms with Crippen LogP contribution in [0.5, 0.6) is 0 Å². The number of hydrogen-bond acceptors (Lipinski definition) is 7. The van der Waals surface area contributed by atoms with Crippen molar-refractivity contribution in [2.24, 2.45) is 0 Å². The van der Waals surface area contributed by atoms with Crippen LogP contribution < -0.4 is 10.2 Å². The Morgan fingerprint density at radius 2 is 1.76 bits per heavy atom. The molecule has 0 radical (unpaired) electrons. The number of para-hydroxylation sites is 1. The van der Waals surface area contributed by atoms with E-state index in [4.69, 9.17) is 5.10 Å². The first-order valence-corrected chi connectivity index (χ1v) is 12.0. The Bertz CT molecular complexity index is 1560. The maximum atomic E-state index is 13.6. The quantitative estimate of drug-likeness (QED) is 0.335. The molecule has 9 nitrogen and oxygen atoms in total. The van der Waals surface area contributed by atoms with Gasteiger partial charge in [-0.25, -0.2) is 14.2 Å². The fourth-order valence-corrected chi connectivity index (χ4v) is 4.58. The van der Waals surface area contributed by atoms with Gasteiger partial charge in [0, 0.05) is 24.7 Å². The second-order valence-corrected chi connectivity index (χ2v) is 8.87. The standard InChI is InChI=1S/C27H25FN8O/c1-3-22-31-32-27-34(2)26(37)23-24(29-19-8-5-4-6-9-19)35(33-25(23)36(22)27)16-17-12-14-18(15-13-17)20-10-7-11-21(28)30-20/h4-15,26,29,37H,3,16H2,1-2H3. The lowest BCUT2D eigenvalue weighted by Crippen LogP contribution is -2.32. The summed E-state index contributed by atoms with van der Waals surface area (Å²) >= 11 is 0. The van der Waals surface area contributed by atoms with Crippen LogP contribution in [-0.2, 0) is 13.0 Å². The third-order valence-corrected chi connectivity index (χ3v) is 6.48.